The summed E-state index contributed by atoms with van der Waals surface area (Å²) in [4.78, 5) is 11.5. The average Bonchev–Trinajstić information content (AvgIpc) is 2.40. The van der Waals surface area contributed by atoms with Crippen LogP contribution < -0.4 is 4.52 Å². The maximum Gasteiger partial charge on any atom is 0.379 e. The molecule has 0 N–H and O–H groups in total. The third-order valence-electron chi connectivity index (χ3n) is 2.31. The summed E-state index contributed by atoms with van der Waals surface area (Å²) >= 11 is 0. The SMILES string of the molecule is CCOC(=O)C(C)OP(=O)(CC)Oc1ccccc1. The van der Waals surface area contributed by atoms with Crippen LogP contribution in [0, 0.1) is 0 Å². The van der Waals surface area contributed by atoms with E-state index in [2.05, 4.69) is 0 Å². The van der Waals surface area contributed by atoms with E-state index in [0.29, 0.717) is 5.75 Å². The molecule has 0 bridgehead atoms. The quantitative estimate of drug-likeness (QED) is 0.568. The van der Waals surface area contributed by atoms with E-state index in [1.54, 1.807) is 38.1 Å². The molecule has 1 rings (SSSR count). The van der Waals surface area contributed by atoms with Crippen LogP contribution in [0.25, 0.3) is 0 Å². The molecule has 106 valence electrons. The number of carbonyl (C=O) groups excluding carboxylic acids is 1. The minimum absolute atomic E-state index is 0.172. The zero-order valence-electron chi connectivity index (χ0n) is 11.4. The maximum absolute atomic E-state index is 12.4. The van der Waals surface area contributed by atoms with Gasteiger partial charge in [-0.3, -0.25) is 4.52 Å². The Morgan fingerprint density at radius 3 is 2.42 bits per heavy atom. The molecule has 0 saturated heterocycles. The molecule has 0 aliphatic rings. The molecule has 1 aromatic rings. The fraction of sp³-hybridized carbons (Fsp3) is 0.462. The number of hydrogen-bond donors (Lipinski definition) is 0. The first-order chi connectivity index (χ1) is 9.00. The van der Waals surface area contributed by atoms with Gasteiger partial charge in [0.05, 0.1) is 12.8 Å². The van der Waals surface area contributed by atoms with Crippen LogP contribution in [0.1, 0.15) is 20.8 Å². The van der Waals surface area contributed by atoms with Crippen molar-refractivity contribution in [3.05, 3.63) is 30.3 Å². The average molecular weight is 286 g/mol. The van der Waals surface area contributed by atoms with Gasteiger partial charge in [0, 0.05) is 0 Å². The van der Waals surface area contributed by atoms with Gasteiger partial charge in [0.2, 0.25) is 0 Å². The molecule has 0 aliphatic carbocycles. The van der Waals surface area contributed by atoms with Crippen molar-refractivity contribution in [1.82, 2.24) is 0 Å². The second-order valence-corrected chi connectivity index (χ2v) is 6.08. The lowest BCUT2D eigenvalue weighted by Gasteiger charge is -2.21. The summed E-state index contributed by atoms with van der Waals surface area (Å²) in [7, 11) is -3.36. The van der Waals surface area contributed by atoms with E-state index < -0.39 is 19.7 Å². The number of esters is 1. The van der Waals surface area contributed by atoms with Crippen molar-refractivity contribution in [3.63, 3.8) is 0 Å². The van der Waals surface area contributed by atoms with Gasteiger partial charge in [-0.2, -0.15) is 0 Å². The zero-order chi connectivity index (χ0) is 14.3. The van der Waals surface area contributed by atoms with Crippen molar-refractivity contribution in [2.24, 2.45) is 0 Å². The van der Waals surface area contributed by atoms with Crippen molar-refractivity contribution in [2.45, 2.75) is 26.9 Å². The molecule has 2 unspecified atom stereocenters. The van der Waals surface area contributed by atoms with E-state index in [9.17, 15) is 9.36 Å². The third kappa shape index (κ3) is 5.05. The molecule has 0 spiro atoms. The predicted molar refractivity (Wildman–Crippen MR) is 72.4 cm³/mol. The Kier molecular flexibility index (Phi) is 6.06. The van der Waals surface area contributed by atoms with Gasteiger partial charge in [-0.25, -0.2) is 9.36 Å². The lowest BCUT2D eigenvalue weighted by molar-refractivity contribution is -0.150. The van der Waals surface area contributed by atoms with E-state index >= 15 is 0 Å². The molecule has 2 atom stereocenters. The summed E-state index contributed by atoms with van der Waals surface area (Å²) in [6, 6.07) is 8.72. The van der Waals surface area contributed by atoms with Crippen LogP contribution in [0.3, 0.4) is 0 Å². The Morgan fingerprint density at radius 1 is 1.26 bits per heavy atom. The molecule has 0 aromatic heterocycles. The minimum Gasteiger partial charge on any atom is -0.464 e. The monoisotopic (exact) mass is 286 g/mol. The largest absolute Gasteiger partial charge is 0.464 e. The zero-order valence-corrected chi connectivity index (χ0v) is 12.3. The Bertz CT molecular complexity index is 446. The number of ether oxygens (including phenoxy) is 1. The van der Waals surface area contributed by atoms with Crippen LogP contribution in [0.5, 0.6) is 5.75 Å². The summed E-state index contributed by atoms with van der Waals surface area (Å²) in [6.45, 7) is 5.13. The van der Waals surface area contributed by atoms with Crippen LogP contribution in [0.2, 0.25) is 0 Å². The molecule has 6 heteroatoms. The highest BCUT2D eigenvalue weighted by molar-refractivity contribution is 7.54. The van der Waals surface area contributed by atoms with Crippen LogP contribution in [0.4, 0.5) is 0 Å². The smallest absolute Gasteiger partial charge is 0.379 e. The molecule has 0 heterocycles. The van der Waals surface area contributed by atoms with Crippen LogP contribution in [-0.4, -0.2) is 24.8 Å². The summed E-state index contributed by atoms with van der Waals surface area (Å²) in [5.41, 5.74) is 0. The molecule has 0 saturated carbocycles. The number of carbonyl (C=O) groups is 1. The molecule has 0 amide bonds. The number of hydrogen-bond acceptors (Lipinski definition) is 5. The molecule has 0 fully saturated rings. The van der Waals surface area contributed by atoms with Crippen molar-refractivity contribution in [3.8, 4) is 5.75 Å². The molecule has 0 aliphatic heterocycles. The van der Waals surface area contributed by atoms with E-state index in [0.717, 1.165) is 0 Å². The summed E-state index contributed by atoms with van der Waals surface area (Å²) in [6.07, 6.45) is -0.750. The van der Waals surface area contributed by atoms with Gasteiger partial charge in [0.25, 0.3) is 0 Å². The van der Waals surface area contributed by atoms with Crippen molar-refractivity contribution in [2.75, 3.05) is 12.8 Å². The van der Waals surface area contributed by atoms with Gasteiger partial charge in [-0.15, -0.1) is 0 Å². The fourth-order valence-electron chi connectivity index (χ4n) is 1.35. The molecule has 5 nitrogen and oxygen atoms in total. The maximum atomic E-state index is 12.4. The standard InChI is InChI=1S/C13H19O5P/c1-4-16-13(14)11(3)17-19(15,5-2)18-12-9-7-6-8-10-12/h6-11H,4-5H2,1-3H3. The minimum atomic E-state index is -3.36. The van der Waals surface area contributed by atoms with Gasteiger partial charge in [0.15, 0.2) is 6.10 Å². The highest BCUT2D eigenvalue weighted by Crippen LogP contribution is 2.48. The van der Waals surface area contributed by atoms with E-state index in [4.69, 9.17) is 13.8 Å². The number of para-hydroxylation sites is 1. The molecule has 19 heavy (non-hydrogen) atoms. The Hall–Kier alpha value is -1.32. The van der Waals surface area contributed by atoms with Crippen molar-refractivity contribution in [1.29, 1.82) is 0 Å². The Labute approximate surface area is 113 Å². The van der Waals surface area contributed by atoms with Crippen LogP contribution >= 0.6 is 7.60 Å². The number of benzene rings is 1. The van der Waals surface area contributed by atoms with E-state index in [1.165, 1.54) is 6.92 Å². The van der Waals surface area contributed by atoms with Gasteiger partial charge in [0.1, 0.15) is 5.75 Å². The highest BCUT2D eigenvalue weighted by Gasteiger charge is 2.30. The fourth-order valence-corrected chi connectivity index (χ4v) is 2.68. The van der Waals surface area contributed by atoms with E-state index in [-0.39, 0.29) is 12.8 Å². The second kappa shape index (κ2) is 7.31. The first-order valence-corrected chi connectivity index (χ1v) is 7.92. The first-order valence-electron chi connectivity index (χ1n) is 6.19. The highest BCUT2D eigenvalue weighted by atomic mass is 31.2. The van der Waals surface area contributed by atoms with Crippen LogP contribution in [0.15, 0.2) is 30.3 Å². The normalized spacial score (nSPS) is 15.3. The van der Waals surface area contributed by atoms with E-state index in [1.807, 2.05) is 6.07 Å². The van der Waals surface area contributed by atoms with Crippen LogP contribution in [-0.2, 0) is 18.6 Å². The van der Waals surface area contributed by atoms with Gasteiger partial charge in [-0.05, 0) is 26.0 Å². The Morgan fingerprint density at radius 2 is 1.89 bits per heavy atom. The summed E-state index contributed by atoms with van der Waals surface area (Å²) < 4.78 is 27.9. The third-order valence-corrected chi connectivity index (χ3v) is 4.21. The molecular weight excluding hydrogens is 267 g/mol. The lowest BCUT2D eigenvalue weighted by Crippen LogP contribution is -2.23. The van der Waals surface area contributed by atoms with Gasteiger partial charge < -0.3 is 9.26 Å². The number of rotatable bonds is 7. The second-order valence-electron chi connectivity index (χ2n) is 3.83. The molecule has 0 radical (unpaired) electrons. The van der Waals surface area contributed by atoms with Gasteiger partial charge in [-0.1, -0.05) is 25.1 Å². The first kappa shape index (κ1) is 15.7. The molecule has 1 aromatic carbocycles. The molecular formula is C13H19O5P. The lowest BCUT2D eigenvalue weighted by atomic mass is 10.3. The van der Waals surface area contributed by atoms with Crippen molar-refractivity contribution >= 4 is 13.6 Å². The summed E-state index contributed by atoms with van der Waals surface area (Å²) in [5.74, 6) is -0.100. The Balaban J connectivity index is 2.70. The topological polar surface area (TPSA) is 61.8 Å². The van der Waals surface area contributed by atoms with Gasteiger partial charge >= 0.3 is 13.6 Å². The predicted octanol–water partition coefficient (Wildman–Crippen LogP) is 3.25. The summed E-state index contributed by atoms with van der Waals surface area (Å²) in [5, 5.41) is 0. The van der Waals surface area contributed by atoms with Crippen molar-refractivity contribution < 1.29 is 23.1 Å².